The number of piperidine rings is 1. The maximum atomic E-state index is 13.8. The number of likely N-dealkylation sites (tertiary alicyclic amines) is 1. The Hall–Kier alpha value is -3.48. The summed E-state index contributed by atoms with van der Waals surface area (Å²) in [6, 6.07) is 17.3. The van der Waals surface area contributed by atoms with Gasteiger partial charge in [0.25, 0.3) is 5.91 Å². The molecule has 13 heteroatoms. The zero-order valence-corrected chi connectivity index (χ0v) is 26.8. The number of imidazole rings is 1. The minimum absolute atomic E-state index is 0. The molecule has 0 radical (unpaired) electrons. The van der Waals surface area contributed by atoms with E-state index in [2.05, 4.69) is 15.6 Å². The van der Waals surface area contributed by atoms with E-state index < -0.39 is 29.4 Å². The van der Waals surface area contributed by atoms with Gasteiger partial charge in [0, 0.05) is 26.4 Å². The number of methoxy groups -OCH3 is 1. The van der Waals surface area contributed by atoms with Crippen molar-refractivity contribution in [3.8, 4) is 0 Å². The van der Waals surface area contributed by atoms with Gasteiger partial charge in [-0.3, -0.25) is 14.4 Å². The molecule has 0 aliphatic carbocycles. The number of anilines is 1. The summed E-state index contributed by atoms with van der Waals surface area (Å²) in [6.07, 6.45) is 4.83. The summed E-state index contributed by atoms with van der Waals surface area (Å²) in [5, 5.41) is 5.44. The van der Waals surface area contributed by atoms with Gasteiger partial charge in [0.1, 0.15) is 12.1 Å². The van der Waals surface area contributed by atoms with Crippen LogP contribution in [0, 0.1) is 0 Å². The average molecular weight is 650 g/mol. The van der Waals surface area contributed by atoms with Gasteiger partial charge in [0.15, 0.2) is 5.82 Å². The summed E-state index contributed by atoms with van der Waals surface area (Å²) < 4.78 is 12.9. The summed E-state index contributed by atoms with van der Waals surface area (Å²) >= 11 is 0. The molecule has 11 nitrogen and oxygen atoms in total. The van der Waals surface area contributed by atoms with Crippen LogP contribution in [-0.4, -0.2) is 76.7 Å². The van der Waals surface area contributed by atoms with Crippen LogP contribution in [0.5, 0.6) is 0 Å². The summed E-state index contributed by atoms with van der Waals surface area (Å²) in [6.45, 7) is 4.50. The quantitative estimate of drug-likeness (QED) is 0.274. The molecule has 2 atom stereocenters. The van der Waals surface area contributed by atoms with Gasteiger partial charge in [0.05, 0.1) is 31.2 Å². The van der Waals surface area contributed by atoms with Crippen LogP contribution in [0.1, 0.15) is 43.9 Å². The number of nitrogens with one attached hydrogen (secondary N) is 2. The van der Waals surface area contributed by atoms with E-state index in [1.807, 2.05) is 65.6 Å². The van der Waals surface area contributed by atoms with Crippen LogP contribution in [0.25, 0.3) is 0 Å². The second kappa shape index (κ2) is 17.1. The maximum absolute atomic E-state index is 13.8. The largest absolute Gasteiger partial charge is 0.381 e. The Balaban J connectivity index is 0.00000337. The summed E-state index contributed by atoms with van der Waals surface area (Å²) in [5.41, 5.74) is 6.50. The molecule has 1 saturated heterocycles. The van der Waals surface area contributed by atoms with Crippen molar-refractivity contribution in [3.05, 3.63) is 84.3 Å². The van der Waals surface area contributed by atoms with Crippen LogP contribution < -0.4 is 16.4 Å². The van der Waals surface area contributed by atoms with Crippen LogP contribution in [0.2, 0.25) is 0 Å². The van der Waals surface area contributed by atoms with E-state index in [1.54, 1.807) is 31.7 Å². The molecule has 3 aromatic rings. The molecule has 1 fully saturated rings. The fourth-order valence-corrected chi connectivity index (χ4v) is 4.71. The number of halogens is 2. The second-order valence-electron chi connectivity index (χ2n) is 11.0. The number of hydrogen-bond donors (Lipinski definition) is 3. The summed E-state index contributed by atoms with van der Waals surface area (Å²) in [5.74, 6) is -0.838. The molecule has 1 aromatic heterocycles. The van der Waals surface area contributed by atoms with Gasteiger partial charge in [-0.05, 0) is 37.8 Å². The molecule has 1 aliphatic heterocycles. The first kappa shape index (κ1) is 36.7. The van der Waals surface area contributed by atoms with Crippen LogP contribution in [0.4, 0.5) is 5.82 Å². The second-order valence-corrected chi connectivity index (χ2v) is 11.0. The monoisotopic (exact) mass is 648 g/mol. The lowest BCUT2D eigenvalue weighted by Gasteiger charge is -2.34. The highest BCUT2D eigenvalue weighted by molar-refractivity contribution is 5.98. The van der Waals surface area contributed by atoms with E-state index in [1.165, 1.54) is 6.33 Å². The van der Waals surface area contributed by atoms with E-state index >= 15 is 0 Å². The first-order valence-electron chi connectivity index (χ1n) is 14.1. The molecule has 0 spiro atoms. The van der Waals surface area contributed by atoms with Gasteiger partial charge in [-0.1, -0.05) is 60.7 Å². The Morgan fingerprint density at radius 1 is 1.02 bits per heavy atom. The fourth-order valence-electron chi connectivity index (χ4n) is 4.71. The standard InChI is InChI=1S/C31H40N6O5.2ClH/c1-31(2,32)30(40)34-25(20-42-19-22-10-6-4-7-11-22)28(38)35-26-18-37(21-33-26)27(23-12-8-5-9-13-23)29(39)36-16-14-24(41-3)15-17-36;;/h4-13,18,21,24-25,27H,14-17,19-20,32H2,1-3H3,(H,34,40)(H,35,38);2*1H/t25-,27?;;/m1../s1. The first-order valence-corrected chi connectivity index (χ1v) is 14.1. The third-order valence-corrected chi connectivity index (χ3v) is 7.19. The number of rotatable bonds is 12. The molecule has 0 saturated carbocycles. The minimum Gasteiger partial charge on any atom is -0.381 e. The number of carbonyl (C=O) groups excluding carboxylic acids is 3. The number of aromatic nitrogens is 2. The van der Waals surface area contributed by atoms with Crippen LogP contribution in [0.15, 0.2) is 73.2 Å². The van der Waals surface area contributed by atoms with Gasteiger partial charge in [0.2, 0.25) is 11.8 Å². The average Bonchev–Trinajstić information content (AvgIpc) is 3.44. The molecule has 240 valence electrons. The molecule has 1 unspecified atom stereocenters. The minimum atomic E-state index is -1.19. The fraction of sp³-hybridized carbons (Fsp3) is 0.419. The molecule has 0 bridgehead atoms. The molecule has 2 heterocycles. The Kier molecular flexibility index (Phi) is 14.3. The van der Waals surface area contributed by atoms with E-state index in [4.69, 9.17) is 15.2 Å². The van der Waals surface area contributed by atoms with Crippen molar-refractivity contribution < 1.29 is 23.9 Å². The van der Waals surface area contributed by atoms with Gasteiger partial charge in [-0.25, -0.2) is 4.98 Å². The van der Waals surface area contributed by atoms with Gasteiger partial charge < -0.3 is 35.3 Å². The van der Waals surface area contributed by atoms with Crippen molar-refractivity contribution in [3.63, 3.8) is 0 Å². The molecule has 1 aliphatic rings. The normalized spacial score (nSPS) is 14.9. The van der Waals surface area contributed by atoms with Gasteiger partial charge >= 0.3 is 0 Å². The molecular weight excluding hydrogens is 607 g/mol. The summed E-state index contributed by atoms with van der Waals surface area (Å²) in [7, 11) is 1.69. The molecule has 3 amide bonds. The van der Waals surface area contributed by atoms with Crippen molar-refractivity contribution >= 4 is 48.4 Å². The molecule has 2 aromatic carbocycles. The number of carbonyl (C=O) groups is 3. The number of benzene rings is 2. The van der Waals surface area contributed by atoms with Crippen LogP contribution in [-0.2, 0) is 30.5 Å². The van der Waals surface area contributed by atoms with Crippen molar-refractivity contribution in [2.24, 2.45) is 5.73 Å². The lowest BCUT2D eigenvalue weighted by atomic mass is 10.0. The van der Waals surface area contributed by atoms with Crippen molar-refractivity contribution in [1.29, 1.82) is 0 Å². The molecule has 4 rings (SSSR count). The zero-order chi connectivity index (χ0) is 30.1. The topological polar surface area (TPSA) is 141 Å². The van der Waals surface area contributed by atoms with E-state index in [-0.39, 0.29) is 55.9 Å². The predicted octanol–water partition coefficient (Wildman–Crippen LogP) is 3.33. The Morgan fingerprint density at radius 2 is 1.64 bits per heavy atom. The number of nitrogens with zero attached hydrogens (tertiary/aromatic N) is 3. The number of hydrogen-bond acceptors (Lipinski definition) is 7. The molecule has 4 N–H and O–H groups in total. The third-order valence-electron chi connectivity index (χ3n) is 7.19. The van der Waals surface area contributed by atoms with E-state index in [0.717, 1.165) is 24.0 Å². The van der Waals surface area contributed by atoms with Crippen LogP contribution in [0.3, 0.4) is 0 Å². The van der Waals surface area contributed by atoms with Crippen molar-refractivity contribution in [2.45, 2.75) is 57.0 Å². The Bertz CT molecular complexity index is 1330. The Morgan fingerprint density at radius 3 is 2.23 bits per heavy atom. The van der Waals surface area contributed by atoms with Crippen molar-refractivity contribution in [1.82, 2.24) is 19.8 Å². The van der Waals surface area contributed by atoms with Crippen LogP contribution >= 0.6 is 24.8 Å². The summed E-state index contributed by atoms with van der Waals surface area (Å²) in [4.78, 5) is 45.9. The number of amides is 3. The number of ether oxygens (including phenoxy) is 2. The lowest BCUT2D eigenvalue weighted by Crippen LogP contribution is -2.56. The third kappa shape index (κ3) is 10.0. The zero-order valence-electron chi connectivity index (χ0n) is 25.2. The molecular formula is C31H42Cl2N6O5. The lowest BCUT2D eigenvalue weighted by molar-refractivity contribution is -0.136. The highest BCUT2D eigenvalue weighted by atomic mass is 35.5. The van der Waals surface area contributed by atoms with Crippen molar-refractivity contribution in [2.75, 3.05) is 32.1 Å². The first-order chi connectivity index (χ1) is 20.2. The Labute approximate surface area is 270 Å². The maximum Gasteiger partial charge on any atom is 0.250 e. The highest BCUT2D eigenvalue weighted by Gasteiger charge is 2.32. The van der Waals surface area contributed by atoms with E-state index in [0.29, 0.717) is 13.1 Å². The van der Waals surface area contributed by atoms with Gasteiger partial charge in [-0.15, -0.1) is 24.8 Å². The predicted molar refractivity (Wildman–Crippen MR) is 173 cm³/mol. The molecule has 44 heavy (non-hydrogen) atoms. The van der Waals surface area contributed by atoms with E-state index in [9.17, 15) is 14.4 Å². The SMILES string of the molecule is COC1CCN(C(=O)C(c2ccccc2)n2cnc(NC(=O)[C@@H](COCc3ccccc3)NC(=O)C(C)(C)N)c2)CC1.Cl.Cl. The highest BCUT2D eigenvalue weighted by Crippen LogP contribution is 2.25. The van der Waals surface area contributed by atoms with Gasteiger partial charge in [-0.2, -0.15) is 0 Å². The smallest absolute Gasteiger partial charge is 0.250 e. The number of nitrogens with two attached hydrogens (primary N) is 1.